The molecule has 5 nitrogen and oxygen atoms in total. The molecule has 0 bridgehead atoms. The second-order valence-corrected chi connectivity index (χ2v) is 4.38. The zero-order chi connectivity index (χ0) is 12.5. The van der Waals surface area contributed by atoms with E-state index < -0.39 is 0 Å². The molecule has 0 saturated heterocycles. The Balaban J connectivity index is 1.94. The zero-order valence-electron chi connectivity index (χ0n) is 9.72. The molecule has 1 aromatic heterocycles. The van der Waals surface area contributed by atoms with Gasteiger partial charge in [0.15, 0.2) is 0 Å². The number of aromatic amines is 1. The third-order valence-electron chi connectivity index (χ3n) is 3.05. The number of para-hydroxylation sites is 1. The number of nitrogen functional groups attached to an aromatic ring is 1. The first-order valence-electron chi connectivity index (χ1n) is 5.80. The third kappa shape index (κ3) is 1.95. The molecule has 1 aliphatic heterocycles. The minimum atomic E-state index is -0.226. The number of rotatable bonds is 1. The molecule has 0 fully saturated rings. The maximum absolute atomic E-state index is 11.4. The standard InChI is InChI=1S/C13H13N3O2/c14-11-6-12(17)16-13(15-11)9-5-8-3-1-2-4-10(8)18-7-9/h1-4,6,9H,5,7H2,(H3,14,15,16,17). The monoisotopic (exact) mass is 243 g/mol. The van der Waals surface area contributed by atoms with Crippen LogP contribution in [0.5, 0.6) is 5.75 Å². The fourth-order valence-corrected chi connectivity index (χ4v) is 2.19. The van der Waals surface area contributed by atoms with Gasteiger partial charge in [0.2, 0.25) is 0 Å². The van der Waals surface area contributed by atoms with Crippen LogP contribution in [0.4, 0.5) is 5.82 Å². The van der Waals surface area contributed by atoms with Crippen LogP contribution in [0, 0.1) is 0 Å². The summed E-state index contributed by atoms with van der Waals surface area (Å²) < 4.78 is 5.67. The molecular weight excluding hydrogens is 230 g/mol. The number of fused-ring (bicyclic) bond motifs is 1. The molecule has 92 valence electrons. The number of hydrogen-bond acceptors (Lipinski definition) is 4. The van der Waals surface area contributed by atoms with Gasteiger partial charge in [-0.05, 0) is 18.1 Å². The number of benzene rings is 1. The van der Waals surface area contributed by atoms with Crippen LogP contribution in [0.15, 0.2) is 35.1 Å². The van der Waals surface area contributed by atoms with Gasteiger partial charge in [-0.1, -0.05) is 18.2 Å². The van der Waals surface area contributed by atoms with E-state index in [2.05, 4.69) is 9.97 Å². The van der Waals surface area contributed by atoms with E-state index in [0.29, 0.717) is 12.4 Å². The summed E-state index contributed by atoms with van der Waals surface area (Å²) in [6, 6.07) is 9.16. The summed E-state index contributed by atoms with van der Waals surface area (Å²) in [4.78, 5) is 18.3. The predicted molar refractivity (Wildman–Crippen MR) is 67.7 cm³/mol. The molecule has 0 amide bonds. The Morgan fingerprint density at radius 2 is 2.22 bits per heavy atom. The molecular formula is C13H13N3O2. The van der Waals surface area contributed by atoms with Crippen LogP contribution in [0.25, 0.3) is 0 Å². The SMILES string of the molecule is Nc1cc(=O)[nH]c(C2COc3ccccc3C2)n1. The van der Waals surface area contributed by atoms with E-state index in [1.807, 2.05) is 24.3 Å². The summed E-state index contributed by atoms with van der Waals surface area (Å²) in [7, 11) is 0. The Labute approximate surface area is 104 Å². The molecule has 0 spiro atoms. The van der Waals surface area contributed by atoms with Crippen molar-refractivity contribution in [2.45, 2.75) is 12.3 Å². The smallest absolute Gasteiger partial charge is 0.252 e. The topological polar surface area (TPSA) is 81.0 Å². The predicted octanol–water partition coefficient (Wildman–Crippen LogP) is 1.07. The lowest BCUT2D eigenvalue weighted by Crippen LogP contribution is -2.24. The Hall–Kier alpha value is -2.30. The van der Waals surface area contributed by atoms with Gasteiger partial charge in [-0.3, -0.25) is 4.79 Å². The van der Waals surface area contributed by atoms with Gasteiger partial charge in [0.1, 0.15) is 17.4 Å². The van der Waals surface area contributed by atoms with Crippen LogP contribution in [0.2, 0.25) is 0 Å². The van der Waals surface area contributed by atoms with Crippen LogP contribution in [0.1, 0.15) is 17.3 Å². The van der Waals surface area contributed by atoms with Crippen LogP contribution in [-0.4, -0.2) is 16.6 Å². The molecule has 0 saturated carbocycles. The summed E-state index contributed by atoms with van der Waals surface area (Å²) in [5.74, 6) is 1.78. The number of H-pyrrole nitrogens is 1. The molecule has 0 aliphatic carbocycles. The highest BCUT2D eigenvalue weighted by Crippen LogP contribution is 2.30. The summed E-state index contributed by atoms with van der Waals surface area (Å²) in [6.07, 6.45) is 0.794. The molecule has 1 aliphatic rings. The fraction of sp³-hybridized carbons (Fsp3) is 0.231. The summed E-state index contributed by atoms with van der Waals surface area (Å²) >= 11 is 0. The number of hydrogen-bond donors (Lipinski definition) is 2. The van der Waals surface area contributed by atoms with Crippen molar-refractivity contribution >= 4 is 5.82 Å². The van der Waals surface area contributed by atoms with Gasteiger partial charge < -0.3 is 15.5 Å². The van der Waals surface area contributed by atoms with Crippen LogP contribution in [0.3, 0.4) is 0 Å². The maximum Gasteiger partial charge on any atom is 0.252 e. The van der Waals surface area contributed by atoms with E-state index in [0.717, 1.165) is 17.7 Å². The van der Waals surface area contributed by atoms with Crippen molar-refractivity contribution in [2.75, 3.05) is 12.3 Å². The zero-order valence-corrected chi connectivity index (χ0v) is 9.72. The molecule has 3 N–H and O–H groups in total. The van der Waals surface area contributed by atoms with E-state index in [4.69, 9.17) is 10.5 Å². The van der Waals surface area contributed by atoms with Gasteiger partial charge in [-0.15, -0.1) is 0 Å². The van der Waals surface area contributed by atoms with Gasteiger partial charge in [-0.2, -0.15) is 0 Å². The van der Waals surface area contributed by atoms with E-state index in [1.165, 1.54) is 6.07 Å². The normalized spacial score (nSPS) is 17.9. The first kappa shape index (κ1) is 10.8. The molecule has 1 unspecified atom stereocenters. The van der Waals surface area contributed by atoms with Gasteiger partial charge in [0, 0.05) is 6.07 Å². The minimum absolute atomic E-state index is 0.0381. The van der Waals surface area contributed by atoms with Gasteiger partial charge in [0.05, 0.1) is 12.5 Å². The molecule has 2 heterocycles. The first-order valence-corrected chi connectivity index (χ1v) is 5.80. The van der Waals surface area contributed by atoms with E-state index in [1.54, 1.807) is 0 Å². The van der Waals surface area contributed by atoms with Crippen molar-refractivity contribution in [3.8, 4) is 5.75 Å². The molecule has 0 radical (unpaired) electrons. The Morgan fingerprint density at radius 1 is 1.39 bits per heavy atom. The Kier molecular flexibility index (Phi) is 2.51. The molecule has 1 aromatic carbocycles. The maximum atomic E-state index is 11.4. The largest absolute Gasteiger partial charge is 0.493 e. The van der Waals surface area contributed by atoms with Crippen molar-refractivity contribution in [1.82, 2.24) is 9.97 Å². The lowest BCUT2D eigenvalue weighted by Gasteiger charge is -2.24. The highest BCUT2D eigenvalue weighted by molar-refractivity contribution is 5.37. The van der Waals surface area contributed by atoms with Crippen LogP contribution in [-0.2, 0) is 6.42 Å². The van der Waals surface area contributed by atoms with Crippen molar-refractivity contribution in [2.24, 2.45) is 0 Å². The number of nitrogens with zero attached hydrogens (tertiary/aromatic N) is 1. The van der Waals surface area contributed by atoms with Crippen molar-refractivity contribution in [1.29, 1.82) is 0 Å². The molecule has 5 heteroatoms. The van der Waals surface area contributed by atoms with Gasteiger partial charge >= 0.3 is 0 Å². The van der Waals surface area contributed by atoms with Crippen LogP contribution < -0.4 is 16.0 Å². The first-order chi connectivity index (χ1) is 8.72. The summed E-state index contributed by atoms with van der Waals surface area (Å²) in [6.45, 7) is 0.503. The van der Waals surface area contributed by atoms with Gasteiger partial charge in [0.25, 0.3) is 5.56 Å². The molecule has 3 rings (SSSR count). The summed E-state index contributed by atoms with van der Waals surface area (Å²) in [5, 5.41) is 0. The Morgan fingerprint density at radius 3 is 3.06 bits per heavy atom. The van der Waals surface area contributed by atoms with Gasteiger partial charge in [-0.25, -0.2) is 4.98 Å². The highest BCUT2D eigenvalue weighted by atomic mass is 16.5. The highest BCUT2D eigenvalue weighted by Gasteiger charge is 2.23. The fourth-order valence-electron chi connectivity index (χ4n) is 2.19. The van der Waals surface area contributed by atoms with E-state index >= 15 is 0 Å². The van der Waals surface area contributed by atoms with E-state index in [-0.39, 0.29) is 17.3 Å². The molecule has 18 heavy (non-hydrogen) atoms. The molecule has 2 aromatic rings. The lowest BCUT2D eigenvalue weighted by atomic mass is 9.96. The van der Waals surface area contributed by atoms with Crippen molar-refractivity contribution in [3.05, 3.63) is 52.1 Å². The van der Waals surface area contributed by atoms with Crippen molar-refractivity contribution < 1.29 is 4.74 Å². The third-order valence-corrected chi connectivity index (χ3v) is 3.05. The average Bonchev–Trinajstić information content (AvgIpc) is 2.37. The average molecular weight is 243 g/mol. The minimum Gasteiger partial charge on any atom is -0.493 e. The van der Waals surface area contributed by atoms with Crippen molar-refractivity contribution in [3.63, 3.8) is 0 Å². The van der Waals surface area contributed by atoms with Crippen LogP contribution >= 0.6 is 0 Å². The molecule has 1 atom stereocenters. The second-order valence-electron chi connectivity index (χ2n) is 4.38. The summed E-state index contributed by atoms with van der Waals surface area (Å²) in [5.41, 5.74) is 6.49. The quantitative estimate of drug-likeness (QED) is 0.785. The lowest BCUT2D eigenvalue weighted by molar-refractivity contribution is 0.257. The number of aromatic nitrogens is 2. The number of nitrogens with one attached hydrogen (secondary N) is 1. The Bertz CT molecular complexity index is 636. The number of nitrogens with two attached hydrogens (primary N) is 1. The van der Waals surface area contributed by atoms with E-state index in [9.17, 15) is 4.79 Å². The second kappa shape index (κ2) is 4.18. The number of anilines is 1. The number of ether oxygens (including phenoxy) is 1.